The molecule has 0 heterocycles. The highest BCUT2D eigenvalue weighted by Gasteiger charge is 2.07. The molecule has 0 bridgehead atoms. The summed E-state index contributed by atoms with van der Waals surface area (Å²) in [5.74, 6) is 0.775. The second kappa shape index (κ2) is 4.33. The van der Waals surface area contributed by atoms with Gasteiger partial charge in [0.25, 0.3) is 0 Å². The van der Waals surface area contributed by atoms with E-state index in [0.29, 0.717) is 5.75 Å². The van der Waals surface area contributed by atoms with Crippen molar-refractivity contribution in [1.82, 2.24) is 4.90 Å². The van der Waals surface area contributed by atoms with Crippen molar-refractivity contribution in [2.24, 2.45) is 0 Å². The Hall–Kier alpha value is -1.22. The Morgan fingerprint density at radius 1 is 1.36 bits per heavy atom. The Labute approximate surface area is 84.9 Å². The molecule has 3 heteroatoms. The van der Waals surface area contributed by atoms with Crippen LogP contribution in [-0.4, -0.2) is 31.2 Å². The highest BCUT2D eigenvalue weighted by atomic mass is 16.5. The molecule has 0 unspecified atom stereocenters. The van der Waals surface area contributed by atoms with Gasteiger partial charge in [0.05, 0.1) is 7.11 Å². The van der Waals surface area contributed by atoms with Gasteiger partial charge in [-0.3, -0.25) is 0 Å². The first-order valence-corrected chi connectivity index (χ1v) is 4.55. The van der Waals surface area contributed by atoms with Crippen molar-refractivity contribution in [3.8, 4) is 11.5 Å². The van der Waals surface area contributed by atoms with Crippen molar-refractivity contribution in [3.05, 3.63) is 23.3 Å². The fourth-order valence-corrected chi connectivity index (χ4v) is 1.43. The average Bonchev–Trinajstić information content (AvgIpc) is 2.10. The Morgan fingerprint density at radius 3 is 2.50 bits per heavy atom. The number of methoxy groups -OCH3 is 1. The predicted octanol–water partition coefficient (Wildman–Crippen LogP) is 1.77. The molecule has 0 amide bonds. The molecule has 78 valence electrons. The molecule has 1 aromatic carbocycles. The lowest BCUT2D eigenvalue weighted by molar-refractivity contribution is 0.367. The lowest BCUT2D eigenvalue weighted by Gasteiger charge is -2.13. The summed E-state index contributed by atoms with van der Waals surface area (Å²) in [5, 5.41) is 9.62. The van der Waals surface area contributed by atoms with Crippen molar-refractivity contribution in [2.75, 3.05) is 21.2 Å². The number of phenols is 1. The maximum Gasteiger partial charge on any atom is 0.161 e. The third kappa shape index (κ3) is 2.39. The number of phenolic OH excluding ortho intramolecular Hbond substituents is 1. The summed E-state index contributed by atoms with van der Waals surface area (Å²) in [6, 6.07) is 3.83. The number of hydrogen-bond acceptors (Lipinski definition) is 3. The molecular formula is C11H17NO2. The summed E-state index contributed by atoms with van der Waals surface area (Å²) < 4.78 is 5.08. The Balaban J connectivity index is 3.03. The van der Waals surface area contributed by atoms with Gasteiger partial charge in [0.1, 0.15) is 0 Å². The topological polar surface area (TPSA) is 32.7 Å². The summed E-state index contributed by atoms with van der Waals surface area (Å²) >= 11 is 0. The first-order valence-electron chi connectivity index (χ1n) is 4.55. The molecule has 0 fully saturated rings. The number of rotatable bonds is 3. The van der Waals surface area contributed by atoms with E-state index < -0.39 is 0 Å². The zero-order valence-electron chi connectivity index (χ0n) is 9.16. The van der Waals surface area contributed by atoms with Crippen molar-refractivity contribution in [2.45, 2.75) is 13.5 Å². The van der Waals surface area contributed by atoms with E-state index in [4.69, 9.17) is 4.74 Å². The van der Waals surface area contributed by atoms with Crippen molar-refractivity contribution in [1.29, 1.82) is 0 Å². The van der Waals surface area contributed by atoms with Crippen LogP contribution in [-0.2, 0) is 6.54 Å². The standard InChI is InChI=1S/C11H17NO2/c1-8-5-9(7-12(2)3)6-10(14-4)11(8)13/h5-6,13H,7H2,1-4H3. The SMILES string of the molecule is COc1cc(CN(C)C)cc(C)c1O. The molecule has 0 aliphatic heterocycles. The van der Waals surface area contributed by atoms with Gasteiger partial charge in [-0.15, -0.1) is 0 Å². The zero-order valence-corrected chi connectivity index (χ0v) is 9.16. The fourth-order valence-electron chi connectivity index (χ4n) is 1.43. The number of ether oxygens (including phenoxy) is 1. The van der Waals surface area contributed by atoms with Crippen LogP contribution in [0, 0.1) is 6.92 Å². The van der Waals surface area contributed by atoms with Crippen LogP contribution < -0.4 is 4.74 Å². The number of nitrogens with zero attached hydrogens (tertiary/aromatic N) is 1. The largest absolute Gasteiger partial charge is 0.504 e. The first-order chi connectivity index (χ1) is 6.54. The van der Waals surface area contributed by atoms with Crippen LogP contribution in [0.5, 0.6) is 11.5 Å². The second-order valence-corrected chi connectivity index (χ2v) is 3.70. The van der Waals surface area contributed by atoms with Crippen molar-refractivity contribution in [3.63, 3.8) is 0 Å². The quantitative estimate of drug-likeness (QED) is 0.797. The lowest BCUT2D eigenvalue weighted by atomic mass is 10.1. The van der Waals surface area contributed by atoms with E-state index in [2.05, 4.69) is 4.90 Å². The molecule has 0 saturated heterocycles. The van der Waals surface area contributed by atoms with E-state index in [9.17, 15) is 5.11 Å². The molecule has 0 aromatic heterocycles. The summed E-state index contributed by atoms with van der Waals surface area (Å²) in [7, 11) is 5.58. The minimum atomic E-state index is 0.231. The van der Waals surface area contributed by atoms with E-state index in [1.165, 1.54) is 0 Å². The maximum atomic E-state index is 9.62. The van der Waals surface area contributed by atoms with Crippen LogP contribution in [0.2, 0.25) is 0 Å². The monoisotopic (exact) mass is 195 g/mol. The van der Waals surface area contributed by atoms with Crippen LogP contribution in [0.25, 0.3) is 0 Å². The molecule has 0 aliphatic rings. The number of aromatic hydroxyl groups is 1. The molecule has 0 spiro atoms. The Morgan fingerprint density at radius 2 is 2.00 bits per heavy atom. The molecular weight excluding hydrogens is 178 g/mol. The molecule has 1 rings (SSSR count). The van der Waals surface area contributed by atoms with Gasteiger partial charge in [-0.25, -0.2) is 0 Å². The van der Waals surface area contributed by atoms with Crippen LogP contribution in [0.3, 0.4) is 0 Å². The molecule has 0 aliphatic carbocycles. The van der Waals surface area contributed by atoms with Gasteiger partial charge >= 0.3 is 0 Å². The number of aryl methyl sites for hydroxylation is 1. The highest BCUT2D eigenvalue weighted by Crippen LogP contribution is 2.30. The van der Waals surface area contributed by atoms with Gasteiger partial charge < -0.3 is 14.7 Å². The van der Waals surface area contributed by atoms with E-state index in [-0.39, 0.29) is 5.75 Å². The van der Waals surface area contributed by atoms with Gasteiger partial charge in [-0.05, 0) is 38.2 Å². The molecule has 0 saturated carbocycles. The third-order valence-corrected chi connectivity index (χ3v) is 2.04. The summed E-state index contributed by atoms with van der Waals surface area (Å²) in [4.78, 5) is 2.07. The summed E-state index contributed by atoms with van der Waals surface area (Å²) in [6.45, 7) is 2.72. The molecule has 1 aromatic rings. The summed E-state index contributed by atoms with van der Waals surface area (Å²) in [6.07, 6.45) is 0. The number of hydrogen-bond donors (Lipinski definition) is 1. The smallest absolute Gasteiger partial charge is 0.161 e. The van der Waals surface area contributed by atoms with Gasteiger partial charge in [0, 0.05) is 6.54 Å². The van der Waals surface area contributed by atoms with Gasteiger partial charge in [-0.2, -0.15) is 0 Å². The molecule has 0 atom stereocenters. The predicted molar refractivity (Wildman–Crippen MR) is 56.8 cm³/mol. The van der Waals surface area contributed by atoms with Crippen molar-refractivity contribution < 1.29 is 9.84 Å². The minimum absolute atomic E-state index is 0.231. The zero-order chi connectivity index (χ0) is 10.7. The van der Waals surface area contributed by atoms with Crippen LogP contribution in [0.15, 0.2) is 12.1 Å². The van der Waals surface area contributed by atoms with Crippen LogP contribution in [0.1, 0.15) is 11.1 Å². The highest BCUT2D eigenvalue weighted by molar-refractivity contribution is 5.47. The lowest BCUT2D eigenvalue weighted by Crippen LogP contribution is -2.10. The van der Waals surface area contributed by atoms with E-state index in [0.717, 1.165) is 17.7 Å². The van der Waals surface area contributed by atoms with Gasteiger partial charge in [0.2, 0.25) is 0 Å². The average molecular weight is 195 g/mol. The summed E-state index contributed by atoms with van der Waals surface area (Å²) in [5.41, 5.74) is 1.99. The van der Waals surface area contributed by atoms with E-state index in [1.807, 2.05) is 33.2 Å². The van der Waals surface area contributed by atoms with Gasteiger partial charge in [0.15, 0.2) is 11.5 Å². The van der Waals surface area contributed by atoms with Crippen LogP contribution in [0.4, 0.5) is 0 Å². The van der Waals surface area contributed by atoms with E-state index >= 15 is 0 Å². The van der Waals surface area contributed by atoms with Gasteiger partial charge in [-0.1, -0.05) is 6.07 Å². The second-order valence-electron chi connectivity index (χ2n) is 3.70. The molecule has 1 N–H and O–H groups in total. The van der Waals surface area contributed by atoms with E-state index in [1.54, 1.807) is 7.11 Å². The van der Waals surface area contributed by atoms with Crippen molar-refractivity contribution >= 4 is 0 Å². The fraction of sp³-hybridized carbons (Fsp3) is 0.455. The molecule has 3 nitrogen and oxygen atoms in total. The maximum absolute atomic E-state index is 9.62. The third-order valence-electron chi connectivity index (χ3n) is 2.04. The normalized spacial score (nSPS) is 10.6. The Kier molecular flexibility index (Phi) is 3.36. The number of benzene rings is 1. The first kappa shape index (κ1) is 10.9. The minimum Gasteiger partial charge on any atom is -0.504 e. The van der Waals surface area contributed by atoms with Crippen LogP contribution >= 0.6 is 0 Å². The molecule has 0 radical (unpaired) electrons. The molecule has 14 heavy (non-hydrogen) atoms. The Bertz CT molecular complexity index is 321.